The largest absolute Gasteiger partial charge is 0.401 e. The van der Waals surface area contributed by atoms with Crippen molar-refractivity contribution in [2.75, 3.05) is 19.6 Å². The third kappa shape index (κ3) is 3.32. The van der Waals surface area contributed by atoms with Crippen LogP contribution in [0.2, 0.25) is 0 Å². The fourth-order valence-electron chi connectivity index (χ4n) is 5.24. The van der Waals surface area contributed by atoms with Gasteiger partial charge in [0.1, 0.15) is 0 Å². The zero-order valence-corrected chi connectivity index (χ0v) is 15.7. The van der Waals surface area contributed by atoms with Crippen molar-refractivity contribution in [1.29, 1.82) is 0 Å². The Morgan fingerprint density at radius 3 is 2.78 bits per heavy atom. The number of nitrogens with zero attached hydrogens (tertiary/aromatic N) is 3. The molecule has 0 aromatic rings. The third-order valence-corrected chi connectivity index (χ3v) is 6.23. The van der Waals surface area contributed by atoms with E-state index in [2.05, 4.69) is 29.4 Å². The first-order valence-corrected chi connectivity index (χ1v) is 9.53. The Bertz CT molecular complexity index is 753. The Hall–Kier alpha value is -1.70. The summed E-state index contributed by atoms with van der Waals surface area (Å²) >= 11 is 0. The molecule has 5 nitrogen and oxygen atoms in total. The summed E-state index contributed by atoms with van der Waals surface area (Å²) < 4.78 is 38.6. The van der Waals surface area contributed by atoms with Crippen LogP contribution in [0.25, 0.3) is 0 Å². The maximum Gasteiger partial charge on any atom is 0.401 e. The maximum atomic E-state index is 13.1. The maximum absolute atomic E-state index is 13.1. The van der Waals surface area contributed by atoms with Gasteiger partial charge in [-0.1, -0.05) is 13.8 Å². The third-order valence-electron chi connectivity index (χ3n) is 6.23. The molecule has 8 heteroatoms. The summed E-state index contributed by atoms with van der Waals surface area (Å²) in [6.07, 6.45) is 0.224. The molecule has 0 radical (unpaired) electrons. The molecule has 0 amide bonds. The molecule has 148 valence electrons. The van der Waals surface area contributed by atoms with Crippen LogP contribution in [0, 0.1) is 10.8 Å². The number of azo groups is 1. The lowest BCUT2D eigenvalue weighted by atomic mass is 9.60. The topological polar surface area (TPSA) is 57.1 Å². The van der Waals surface area contributed by atoms with Gasteiger partial charge in [-0.25, -0.2) is 0 Å². The first-order valence-electron chi connectivity index (χ1n) is 9.53. The van der Waals surface area contributed by atoms with Crippen LogP contribution in [-0.4, -0.2) is 42.7 Å². The second-order valence-corrected chi connectivity index (χ2v) is 8.98. The van der Waals surface area contributed by atoms with Gasteiger partial charge in [0, 0.05) is 28.7 Å². The van der Waals surface area contributed by atoms with Gasteiger partial charge in [-0.15, -0.1) is 0 Å². The van der Waals surface area contributed by atoms with Crippen LogP contribution in [0.3, 0.4) is 0 Å². The number of allylic oxidation sites excluding steroid dienone is 2. The number of alkyl halides is 3. The van der Waals surface area contributed by atoms with Crippen molar-refractivity contribution in [3.63, 3.8) is 0 Å². The molecule has 3 heterocycles. The Labute approximate surface area is 156 Å². The number of fused-ring (bicyclic) bond motifs is 3. The lowest BCUT2D eigenvalue weighted by Crippen LogP contribution is -2.49. The number of hydrogen-bond acceptors (Lipinski definition) is 5. The smallest absolute Gasteiger partial charge is 0.362 e. The molecular formula is C19H25F3N4O. The van der Waals surface area contributed by atoms with Gasteiger partial charge in [0.15, 0.2) is 11.9 Å². The molecule has 4 rings (SSSR count). The number of rotatable bonds is 1. The minimum absolute atomic E-state index is 0.115. The van der Waals surface area contributed by atoms with Crippen molar-refractivity contribution < 1.29 is 18.0 Å². The van der Waals surface area contributed by atoms with Gasteiger partial charge in [-0.05, 0) is 44.2 Å². The molecule has 3 aliphatic heterocycles. The van der Waals surface area contributed by atoms with Crippen molar-refractivity contribution in [2.24, 2.45) is 21.1 Å². The molecule has 1 saturated heterocycles. The summed E-state index contributed by atoms with van der Waals surface area (Å²) in [6, 6.07) is 0. The quantitative estimate of drug-likeness (QED) is 0.747. The minimum atomic E-state index is -4.21. The van der Waals surface area contributed by atoms with Crippen molar-refractivity contribution in [3.8, 4) is 0 Å². The van der Waals surface area contributed by atoms with Gasteiger partial charge in [-0.2, -0.15) is 23.4 Å². The highest BCUT2D eigenvalue weighted by Gasteiger charge is 2.53. The molecule has 1 aliphatic carbocycles. The van der Waals surface area contributed by atoms with E-state index in [9.17, 15) is 18.0 Å². The number of likely N-dealkylation sites (tertiary alicyclic amines) is 1. The molecule has 1 N–H and O–H groups in total. The van der Waals surface area contributed by atoms with E-state index >= 15 is 0 Å². The highest BCUT2D eigenvalue weighted by Crippen LogP contribution is 2.55. The second kappa shape index (κ2) is 6.15. The van der Waals surface area contributed by atoms with E-state index in [1.807, 2.05) is 0 Å². The molecule has 1 spiro atoms. The highest BCUT2D eigenvalue weighted by molar-refractivity contribution is 6.00. The van der Waals surface area contributed by atoms with E-state index < -0.39 is 18.1 Å². The highest BCUT2D eigenvalue weighted by atomic mass is 19.4. The van der Waals surface area contributed by atoms with E-state index in [0.717, 1.165) is 23.3 Å². The average molecular weight is 382 g/mol. The Kier molecular flexibility index (Phi) is 4.25. The zero-order valence-electron chi connectivity index (χ0n) is 15.7. The Balaban J connectivity index is 1.71. The van der Waals surface area contributed by atoms with Crippen LogP contribution in [0.1, 0.15) is 46.0 Å². The lowest BCUT2D eigenvalue weighted by Gasteiger charge is -2.47. The van der Waals surface area contributed by atoms with Crippen LogP contribution in [0.5, 0.6) is 0 Å². The number of hydrogen-bond donors (Lipinski definition) is 1. The Morgan fingerprint density at radius 1 is 1.26 bits per heavy atom. The van der Waals surface area contributed by atoms with Crippen LogP contribution >= 0.6 is 0 Å². The number of carbonyl (C=O) groups is 1. The molecule has 0 saturated carbocycles. The predicted octanol–water partition coefficient (Wildman–Crippen LogP) is 3.94. The van der Waals surface area contributed by atoms with Gasteiger partial charge in [-0.3, -0.25) is 9.69 Å². The van der Waals surface area contributed by atoms with E-state index in [1.54, 1.807) is 6.20 Å². The first kappa shape index (κ1) is 18.7. The summed E-state index contributed by atoms with van der Waals surface area (Å²) in [4.78, 5) is 14.6. The molecular weight excluding hydrogens is 357 g/mol. The number of Topliss-reactive ketones (excluding diaryl/α,β-unsaturated/α-hetero) is 1. The van der Waals surface area contributed by atoms with Gasteiger partial charge >= 0.3 is 6.18 Å². The SMILES string of the molecule is CC1(C)CC(=O)C2=C(C1)NC1N=NC=C1C21CCCN(CC(F)(F)F)CC1. The normalized spacial score (nSPS) is 33.4. The van der Waals surface area contributed by atoms with E-state index in [0.29, 0.717) is 38.8 Å². The van der Waals surface area contributed by atoms with Gasteiger partial charge in [0.2, 0.25) is 0 Å². The average Bonchev–Trinajstić information content (AvgIpc) is 2.89. The number of nitrogens with one attached hydrogen (secondary N) is 1. The molecule has 4 aliphatic rings. The Morgan fingerprint density at radius 2 is 2.04 bits per heavy atom. The fourth-order valence-corrected chi connectivity index (χ4v) is 5.24. The molecule has 2 unspecified atom stereocenters. The summed E-state index contributed by atoms with van der Waals surface area (Å²) in [5, 5.41) is 11.7. The molecule has 0 bridgehead atoms. The number of ketones is 1. The summed E-state index contributed by atoms with van der Waals surface area (Å²) in [5.41, 5.74) is 1.98. The number of halogens is 3. The van der Waals surface area contributed by atoms with Crippen LogP contribution in [-0.2, 0) is 4.79 Å². The van der Waals surface area contributed by atoms with E-state index in [-0.39, 0.29) is 17.4 Å². The fraction of sp³-hybridized carbons (Fsp3) is 0.737. The zero-order chi connectivity index (χ0) is 19.4. The first-order chi connectivity index (χ1) is 12.6. The van der Waals surface area contributed by atoms with E-state index in [4.69, 9.17) is 0 Å². The molecule has 0 aromatic carbocycles. The molecule has 0 aromatic heterocycles. The summed E-state index contributed by atoms with van der Waals surface area (Å²) in [7, 11) is 0. The molecule has 1 fully saturated rings. The van der Waals surface area contributed by atoms with Crippen LogP contribution < -0.4 is 5.32 Å². The predicted molar refractivity (Wildman–Crippen MR) is 93.7 cm³/mol. The van der Waals surface area contributed by atoms with Crippen molar-refractivity contribution in [3.05, 3.63) is 23.0 Å². The second-order valence-electron chi connectivity index (χ2n) is 8.98. The van der Waals surface area contributed by atoms with Crippen molar-refractivity contribution in [2.45, 2.75) is 58.3 Å². The van der Waals surface area contributed by atoms with Gasteiger partial charge in [0.25, 0.3) is 0 Å². The van der Waals surface area contributed by atoms with Crippen LogP contribution in [0.4, 0.5) is 13.2 Å². The minimum Gasteiger partial charge on any atom is -0.362 e. The lowest BCUT2D eigenvalue weighted by molar-refractivity contribution is -0.145. The molecule has 2 atom stereocenters. The monoisotopic (exact) mass is 382 g/mol. The van der Waals surface area contributed by atoms with Crippen LogP contribution in [0.15, 0.2) is 33.3 Å². The molecule has 27 heavy (non-hydrogen) atoms. The van der Waals surface area contributed by atoms with E-state index in [1.165, 1.54) is 4.90 Å². The van der Waals surface area contributed by atoms with Crippen molar-refractivity contribution in [1.82, 2.24) is 10.2 Å². The van der Waals surface area contributed by atoms with Gasteiger partial charge < -0.3 is 5.32 Å². The summed E-state index contributed by atoms with van der Waals surface area (Å²) in [6.45, 7) is 3.96. The number of carbonyl (C=O) groups excluding carboxylic acids is 1. The van der Waals surface area contributed by atoms with Crippen molar-refractivity contribution >= 4 is 5.78 Å². The summed E-state index contributed by atoms with van der Waals surface area (Å²) in [5.74, 6) is 0.115. The standard InChI is InChI=1S/C19H25F3N4O/c1-17(2)8-13-15(14(27)9-17)18(12-10-23-25-16(12)24-13)4-3-6-26(7-5-18)11-19(20,21)22/h10,16,24H,3-9,11H2,1-2H3. The van der Waals surface area contributed by atoms with Gasteiger partial charge in [0.05, 0.1) is 12.7 Å².